The summed E-state index contributed by atoms with van der Waals surface area (Å²) in [6.45, 7) is 9.00. The zero-order valence-electron chi connectivity index (χ0n) is 18.9. The molecule has 4 rings (SSSR count). The van der Waals surface area contributed by atoms with Gasteiger partial charge in [-0.1, -0.05) is 19.9 Å². The summed E-state index contributed by atoms with van der Waals surface area (Å²) >= 11 is 0. The Kier molecular flexibility index (Phi) is 5.02. The second-order valence-electron chi connectivity index (χ2n) is 10.4. The van der Waals surface area contributed by atoms with Gasteiger partial charge in [0, 0.05) is 25.7 Å². The molecule has 6 atom stereocenters. The van der Waals surface area contributed by atoms with E-state index in [1.165, 1.54) is 19.4 Å². The van der Waals surface area contributed by atoms with Crippen LogP contribution in [0.1, 0.15) is 79.6 Å². The second kappa shape index (κ2) is 7.06. The number of fused-ring (bicyclic) bond motifs is 5. The fourth-order valence-corrected chi connectivity index (χ4v) is 7.63. The fourth-order valence-electron chi connectivity index (χ4n) is 7.63. The maximum Gasteiger partial charge on any atom is 0.307 e. The van der Waals surface area contributed by atoms with E-state index in [1.54, 1.807) is 6.92 Å². The quantitative estimate of drug-likeness (QED) is 0.615. The first-order chi connectivity index (χ1) is 14.0. The standard InChI is InChI=1S/C25H34O5/c1-15(26)25(30-17(3)28)13-10-22-20-7-6-18-14-19(29-16(2)27)8-11-23(18,4)21(20)9-12-24(22,25)5/h6,14,20-22H,7-13H2,1-5H3/t20-,21+,22+,23+,24+,25+/m1/s1. The van der Waals surface area contributed by atoms with Gasteiger partial charge in [-0.25, -0.2) is 0 Å². The number of rotatable bonds is 3. The van der Waals surface area contributed by atoms with Crippen molar-refractivity contribution < 1.29 is 23.9 Å². The average Bonchev–Trinajstić information content (AvgIpc) is 2.94. The van der Waals surface area contributed by atoms with Crippen LogP contribution in [0.5, 0.6) is 0 Å². The molecular weight excluding hydrogens is 380 g/mol. The molecule has 4 aliphatic carbocycles. The Bertz CT molecular complexity index is 854. The molecule has 0 aromatic carbocycles. The minimum absolute atomic E-state index is 0.00831. The van der Waals surface area contributed by atoms with Gasteiger partial charge in [0.1, 0.15) is 5.76 Å². The molecule has 5 heteroatoms. The molecule has 5 nitrogen and oxygen atoms in total. The predicted molar refractivity (Wildman–Crippen MR) is 112 cm³/mol. The Labute approximate surface area is 179 Å². The van der Waals surface area contributed by atoms with E-state index in [0.29, 0.717) is 24.2 Å². The molecule has 0 unspecified atom stereocenters. The largest absolute Gasteiger partial charge is 0.451 e. The zero-order valence-corrected chi connectivity index (χ0v) is 18.9. The Hall–Kier alpha value is -1.91. The van der Waals surface area contributed by atoms with Gasteiger partial charge >= 0.3 is 11.9 Å². The number of Topliss-reactive ketones (excluding diaryl/α,β-unsaturated/α-hetero) is 1. The highest BCUT2D eigenvalue weighted by Crippen LogP contribution is 2.67. The summed E-state index contributed by atoms with van der Waals surface area (Å²) in [6.07, 6.45) is 10.6. The number of esters is 2. The molecule has 30 heavy (non-hydrogen) atoms. The van der Waals surface area contributed by atoms with Gasteiger partial charge in [0.15, 0.2) is 11.4 Å². The van der Waals surface area contributed by atoms with E-state index in [0.717, 1.165) is 44.3 Å². The summed E-state index contributed by atoms with van der Waals surface area (Å²) in [5.74, 6) is 1.53. The topological polar surface area (TPSA) is 69.7 Å². The molecule has 0 spiro atoms. The Morgan fingerprint density at radius 3 is 2.30 bits per heavy atom. The number of allylic oxidation sites excluding steroid dienone is 4. The number of hydrogen-bond acceptors (Lipinski definition) is 5. The summed E-state index contributed by atoms with van der Waals surface area (Å²) in [7, 11) is 0. The van der Waals surface area contributed by atoms with Gasteiger partial charge < -0.3 is 9.47 Å². The van der Waals surface area contributed by atoms with Crippen LogP contribution in [0.4, 0.5) is 0 Å². The van der Waals surface area contributed by atoms with Crippen LogP contribution in [0.15, 0.2) is 23.5 Å². The third kappa shape index (κ3) is 2.91. The van der Waals surface area contributed by atoms with E-state index in [4.69, 9.17) is 9.47 Å². The van der Waals surface area contributed by atoms with Crippen molar-refractivity contribution in [2.45, 2.75) is 85.2 Å². The van der Waals surface area contributed by atoms with Gasteiger partial charge in [0.25, 0.3) is 0 Å². The second-order valence-corrected chi connectivity index (χ2v) is 10.4. The van der Waals surface area contributed by atoms with Crippen molar-refractivity contribution in [2.75, 3.05) is 0 Å². The maximum atomic E-state index is 12.8. The van der Waals surface area contributed by atoms with Gasteiger partial charge in [-0.05, 0) is 80.3 Å². The van der Waals surface area contributed by atoms with Gasteiger partial charge in [-0.15, -0.1) is 0 Å². The molecule has 2 saturated carbocycles. The average molecular weight is 415 g/mol. The van der Waals surface area contributed by atoms with E-state index in [1.807, 2.05) is 0 Å². The van der Waals surface area contributed by atoms with Crippen molar-refractivity contribution in [1.82, 2.24) is 0 Å². The number of ketones is 1. The highest BCUT2D eigenvalue weighted by molar-refractivity contribution is 5.89. The van der Waals surface area contributed by atoms with Crippen molar-refractivity contribution in [1.29, 1.82) is 0 Å². The fraction of sp³-hybridized carbons (Fsp3) is 0.720. The van der Waals surface area contributed by atoms with E-state index in [9.17, 15) is 14.4 Å². The Morgan fingerprint density at radius 2 is 1.67 bits per heavy atom. The van der Waals surface area contributed by atoms with Crippen LogP contribution < -0.4 is 0 Å². The zero-order chi connectivity index (χ0) is 21.9. The van der Waals surface area contributed by atoms with E-state index in [2.05, 4.69) is 26.0 Å². The smallest absolute Gasteiger partial charge is 0.307 e. The van der Waals surface area contributed by atoms with Crippen LogP contribution in [0, 0.1) is 28.6 Å². The monoisotopic (exact) mass is 414 g/mol. The molecule has 0 aromatic heterocycles. The van der Waals surface area contributed by atoms with Gasteiger partial charge in [-0.2, -0.15) is 0 Å². The first kappa shape index (κ1) is 21.3. The van der Waals surface area contributed by atoms with Crippen LogP contribution in [0.3, 0.4) is 0 Å². The van der Waals surface area contributed by atoms with Crippen molar-refractivity contribution in [3.05, 3.63) is 23.5 Å². The van der Waals surface area contributed by atoms with Crippen LogP contribution in [0.25, 0.3) is 0 Å². The highest BCUT2D eigenvalue weighted by atomic mass is 16.6. The van der Waals surface area contributed by atoms with E-state index in [-0.39, 0.29) is 28.6 Å². The summed E-state index contributed by atoms with van der Waals surface area (Å²) in [4.78, 5) is 36.1. The van der Waals surface area contributed by atoms with E-state index < -0.39 is 5.60 Å². The minimum Gasteiger partial charge on any atom is -0.451 e. The summed E-state index contributed by atoms with van der Waals surface area (Å²) in [5, 5.41) is 0. The molecule has 0 saturated heterocycles. The third-order valence-corrected chi connectivity index (χ3v) is 9.01. The van der Waals surface area contributed by atoms with Crippen LogP contribution in [0.2, 0.25) is 0 Å². The summed E-state index contributed by atoms with van der Waals surface area (Å²) in [5.41, 5.74) is 0.0806. The molecule has 0 N–H and O–H groups in total. The normalized spacial score (nSPS) is 42.1. The van der Waals surface area contributed by atoms with Crippen molar-refractivity contribution in [3.8, 4) is 0 Å². The first-order valence-electron chi connectivity index (χ1n) is 11.3. The van der Waals surface area contributed by atoms with Gasteiger partial charge in [0.05, 0.1) is 0 Å². The molecule has 0 bridgehead atoms. The molecular formula is C25H34O5. The highest BCUT2D eigenvalue weighted by Gasteiger charge is 2.67. The molecule has 0 heterocycles. The molecule has 0 aliphatic heterocycles. The van der Waals surface area contributed by atoms with Crippen LogP contribution in [-0.2, 0) is 23.9 Å². The lowest BCUT2D eigenvalue weighted by atomic mass is 9.47. The maximum absolute atomic E-state index is 12.8. The van der Waals surface area contributed by atoms with Crippen LogP contribution >= 0.6 is 0 Å². The number of ether oxygens (including phenoxy) is 2. The predicted octanol–water partition coefficient (Wildman–Crippen LogP) is 4.90. The summed E-state index contributed by atoms with van der Waals surface area (Å²) < 4.78 is 11.2. The molecule has 4 aliphatic rings. The first-order valence-corrected chi connectivity index (χ1v) is 11.3. The Morgan fingerprint density at radius 1 is 0.967 bits per heavy atom. The lowest BCUT2D eigenvalue weighted by Gasteiger charge is -2.58. The molecule has 164 valence electrons. The summed E-state index contributed by atoms with van der Waals surface area (Å²) in [6, 6.07) is 0. The molecule has 0 aromatic rings. The molecule has 2 fully saturated rings. The Balaban J connectivity index is 1.67. The lowest BCUT2D eigenvalue weighted by molar-refractivity contribution is -0.186. The number of carbonyl (C=O) groups is 3. The SMILES string of the molecule is CC(=O)OC1=CC2=CC[C@@H]3[C@H](CC[C@@]4(C)[C@H]3CC[C@]4(OC(C)=O)C(C)=O)[C@@]2(C)CC1. The molecule has 0 amide bonds. The van der Waals surface area contributed by atoms with Crippen LogP contribution in [-0.4, -0.2) is 23.3 Å². The lowest BCUT2D eigenvalue weighted by Crippen LogP contribution is -2.58. The van der Waals surface area contributed by atoms with Crippen molar-refractivity contribution >= 4 is 17.7 Å². The minimum atomic E-state index is -0.978. The molecule has 0 radical (unpaired) electrons. The van der Waals surface area contributed by atoms with Gasteiger partial charge in [0.2, 0.25) is 0 Å². The van der Waals surface area contributed by atoms with Crippen molar-refractivity contribution in [2.24, 2.45) is 28.6 Å². The number of carbonyl (C=O) groups excluding carboxylic acids is 3. The van der Waals surface area contributed by atoms with Crippen molar-refractivity contribution in [3.63, 3.8) is 0 Å². The van der Waals surface area contributed by atoms with Gasteiger partial charge in [-0.3, -0.25) is 14.4 Å². The third-order valence-electron chi connectivity index (χ3n) is 9.01. The number of hydrogen-bond donors (Lipinski definition) is 0. The van der Waals surface area contributed by atoms with E-state index >= 15 is 0 Å².